The Labute approximate surface area is 109 Å². The Morgan fingerprint density at radius 1 is 1.56 bits per heavy atom. The lowest BCUT2D eigenvalue weighted by Gasteiger charge is -2.28. The fourth-order valence-electron chi connectivity index (χ4n) is 2.51. The molecule has 4 heteroatoms. The van der Waals surface area contributed by atoms with Crippen molar-refractivity contribution in [1.29, 1.82) is 0 Å². The molecule has 0 spiro atoms. The number of aryl methyl sites for hydroxylation is 1. The predicted octanol–water partition coefficient (Wildman–Crippen LogP) is 1.59. The molecule has 18 heavy (non-hydrogen) atoms. The average molecular weight is 249 g/mol. The minimum absolute atomic E-state index is 0.606. The van der Waals surface area contributed by atoms with Gasteiger partial charge >= 0.3 is 0 Å². The minimum atomic E-state index is 0.606. The highest BCUT2D eigenvalue weighted by Crippen LogP contribution is 2.19. The first-order valence-corrected chi connectivity index (χ1v) is 6.69. The number of ether oxygens (including phenoxy) is 1. The fraction of sp³-hybridized carbons (Fsp3) is 0.643. The van der Waals surface area contributed by atoms with E-state index in [9.17, 15) is 0 Å². The Morgan fingerprint density at radius 3 is 3.11 bits per heavy atom. The van der Waals surface area contributed by atoms with Gasteiger partial charge in [0, 0.05) is 44.3 Å². The highest BCUT2D eigenvalue weighted by molar-refractivity contribution is 5.51. The molecular weight excluding hydrogens is 226 g/mol. The van der Waals surface area contributed by atoms with Gasteiger partial charge in [0.1, 0.15) is 0 Å². The molecule has 1 saturated heterocycles. The van der Waals surface area contributed by atoms with Gasteiger partial charge < -0.3 is 15.0 Å². The quantitative estimate of drug-likeness (QED) is 0.831. The third kappa shape index (κ3) is 3.43. The number of rotatable bonds is 6. The number of aromatic nitrogens is 1. The summed E-state index contributed by atoms with van der Waals surface area (Å²) in [6, 6.07) is 2.70. The summed E-state index contributed by atoms with van der Waals surface area (Å²) in [4.78, 5) is 6.57. The Bertz CT molecular complexity index is 364. The highest BCUT2D eigenvalue weighted by atomic mass is 16.5. The molecular formula is C14H23N3O. The zero-order valence-electron chi connectivity index (χ0n) is 11.4. The lowest BCUT2D eigenvalue weighted by molar-refractivity contribution is 0.204. The standard InChI is InChI=1S/C14H23N3O/c1-12-10-15-7-5-14(12)17(8-9-18-2)11-13-4-3-6-16-13/h5,7,10,13,16H,3-4,6,8-9,11H2,1-2H3. The molecule has 0 bridgehead atoms. The van der Waals surface area contributed by atoms with E-state index < -0.39 is 0 Å². The first-order chi connectivity index (χ1) is 8.81. The van der Waals surface area contributed by atoms with Crippen molar-refractivity contribution in [3.63, 3.8) is 0 Å². The third-order valence-corrected chi connectivity index (χ3v) is 3.50. The van der Waals surface area contributed by atoms with E-state index in [1.54, 1.807) is 7.11 Å². The number of anilines is 1. The molecule has 4 nitrogen and oxygen atoms in total. The van der Waals surface area contributed by atoms with Crippen molar-refractivity contribution >= 4 is 5.69 Å². The predicted molar refractivity (Wildman–Crippen MR) is 74.1 cm³/mol. The monoisotopic (exact) mass is 249 g/mol. The van der Waals surface area contributed by atoms with Crippen LogP contribution in [0.25, 0.3) is 0 Å². The lowest BCUT2D eigenvalue weighted by Crippen LogP contribution is -2.39. The molecule has 0 saturated carbocycles. The first-order valence-electron chi connectivity index (χ1n) is 6.69. The van der Waals surface area contributed by atoms with E-state index in [0.717, 1.165) is 26.2 Å². The third-order valence-electron chi connectivity index (χ3n) is 3.50. The molecule has 1 aromatic rings. The van der Waals surface area contributed by atoms with Crippen LogP contribution in [0.2, 0.25) is 0 Å². The van der Waals surface area contributed by atoms with E-state index in [1.807, 2.05) is 12.4 Å². The summed E-state index contributed by atoms with van der Waals surface area (Å²) in [5, 5.41) is 3.55. The van der Waals surface area contributed by atoms with Crippen LogP contribution in [0.1, 0.15) is 18.4 Å². The van der Waals surface area contributed by atoms with E-state index in [0.29, 0.717) is 6.04 Å². The van der Waals surface area contributed by atoms with Gasteiger partial charge in [0.25, 0.3) is 0 Å². The maximum atomic E-state index is 5.22. The molecule has 0 aliphatic carbocycles. The van der Waals surface area contributed by atoms with Crippen molar-refractivity contribution in [2.75, 3.05) is 38.3 Å². The average Bonchev–Trinajstić information content (AvgIpc) is 2.88. The first kappa shape index (κ1) is 13.3. The second kappa shape index (κ2) is 6.71. The molecule has 1 N–H and O–H groups in total. The molecule has 1 unspecified atom stereocenters. The van der Waals surface area contributed by atoms with Crippen molar-refractivity contribution < 1.29 is 4.74 Å². The summed E-state index contributed by atoms with van der Waals surface area (Å²) in [7, 11) is 1.76. The molecule has 1 aliphatic heterocycles. The molecule has 2 rings (SSSR count). The van der Waals surface area contributed by atoms with Gasteiger partial charge in [0.15, 0.2) is 0 Å². The number of nitrogens with zero attached hydrogens (tertiary/aromatic N) is 2. The minimum Gasteiger partial charge on any atom is -0.383 e. The van der Waals surface area contributed by atoms with Gasteiger partial charge in [0.2, 0.25) is 0 Å². The number of nitrogens with one attached hydrogen (secondary N) is 1. The normalized spacial score (nSPS) is 19.1. The molecule has 0 aromatic carbocycles. The van der Waals surface area contributed by atoms with Crippen LogP contribution in [0.3, 0.4) is 0 Å². The van der Waals surface area contributed by atoms with Crippen molar-refractivity contribution in [2.24, 2.45) is 0 Å². The molecule has 100 valence electrons. The second-order valence-corrected chi connectivity index (χ2v) is 4.89. The summed E-state index contributed by atoms with van der Waals surface area (Å²) in [5.74, 6) is 0. The van der Waals surface area contributed by atoms with E-state index in [1.165, 1.54) is 24.1 Å². The Hall–Kier alpha value is -1.13. The molecule has 1 aliphatic rings. The Kier molecular flexibility index (Phi) is 4.96. The highest BCUT2D eigenvalue weighted by Gasteiger charge is 2.18. The van der Waals surface area contributed by atoms with Crippen molar-refractivity contribution in [2.45, 2.75) is 25.8 Å². The van der Waals surface area contributed by atoms with Gasteiger partial charge in [-0.05, 0) is 37.9 Å². The maximum Gasteiger partial charge on any atom is 0.0637 e. The molecule has 1 atom stereocenters. The van der Waals surface area contributed by atoms with Crippen molar-refractivity contribution in [3.8, 4) is 0 Å². The Balaban J connectivity index is 2.06. The summed E-state index contributed by atoms with van der Waals surface area (Å²) < 4.78 is 5.22. The van der Waals surface area contributed by atoms with E-state index in [4.69, 9.17) is 4.74 Å². The van der Waals surface area contributed by atoms with Crippen LogP contribution in [0.4, 0.5) is 5.69 Å². The van der Waals surface area contributed by atoms with Gasteiger partial charge in [0.05, 0.1) is 6.61 Å². The van der Waals surface area contributed by atoms with Crippen LogP contribution in [-0.2, 0) is 4.74 Å². The molecule has 1 fully saturated rings. The second-order valence-electron chi connectivity index (χ2n) is 4.89. The fourth-order valence-corrected chi connectivity index (χ4v) is 2.51. The smallest absolute Gasteiger partial charge is 0.0637 e. The van der Waals surface area contributed by atoms with Crippen LogP contribution in [0.15, 0.2) is 18.5 Å². The number of hydrogen-bond acceptors (Lipinski definition) is 4. The van der Waals surface area contributed by atoms with Gasteiger partial charge in [-0.15, -0.1) is 0 Å². The van der Waals surface area contributed by atoms with Crippen molar-refractivity contribution in [3.05, 3.63) is 24.0 Å². The van der Waals surface area contributed by atoms with Crippen LogP contribution < -0.4 is 10.2 Å². The molecule has 0 radical (unpaired) electrons. The van der Waals surface area contributed by atoms with Crippen LogP contribution in [0, 0.1) is 6.92 Å². The van der Waals surface area contributed by atoms with Gasteiger partial charge in [-0.25, -0.2) is 0 Å². The number of methoxy groups -OCH3 is 1. The van der Waals surface area contributed by atoms with E-state index >= 15 is 0 Å². The number of hydrogen-bond donors (Lipinski definition) is 1. The molecule has 0 amide bonds. The molecule has 1 aromatic heterocycles. The topological polar surface area (TPSA) is 37.4 Å². The SMILES string of the molecule is COCCN(CC1CCCN1)c1ccncc1C. The van der Waals surface area contributed by atoms with Crippen LogP contribution in [0.5, 0.6) is 0 Å². The summed E-state index contributed by atoms with van der Waals surface area (Å²) >= 11 is 0. The maximum absolute atomic E-state index is 5.22. The largest absolute Gasteiger partial charge is 0.383 e. The summed E-state index contributed by atoms with van der Waals surface area (Å²) in [6.07, 6.45) is 6.35. The van der Waals surface area contributed by atoms with Crippen molar-refractivity contribution in [1.82, 2.24) is 10.3 Å². The van der Waals surface area contributed by atoms with E-state index in [2.05, 4.69) is 28.2 Å². The van der Waals surface area contributed by atoms with E-state index in [-0.39, 0.29) is 0 Å². The van der Waals surface area contributed by atoms with Crippen LogP contribution in [-0.4, -0.2) is 44.4 Å². The van der Waals surface area contributed by atoms with Gasteiger partial charge in [-0.1, -0.05) is 0 Å². The Morgan fingerprint density at radius 2 is 2.44 bits per heavy atom. The number of pyridine rings is 1. The molecule has 2 heterocycles. The van der Waals surface area contributed by atoms with Gasteiger partial charge in [-0.3, -0.25) is 4.98 Å². The summed E-state index contributed by atoms with van der Waals surface area (Å²) in [6.45, 7) is 6.00. The lowest BCUT2D eigenvalue weighted by atomic mass is 10.1. The zero-order valence-corrected chi connectivity index (χ0v) is 11.4. The van der Waals surface area contributed by atoms with Gasteiger partial charge in [-0.2, -0.15) is 0 Å². The zero-order chi connectivity index (χ0) is 12.8. The summed E-state index contributed by atoms with van der Waals surface area (Å²) in [5.41, 5.74) is 2.50. The van der Waals surface area contributed by atoms with Crippen LogP contribution >= 0.6 is 0 Å².